The maximum Gasteiger partial charge on any atom is 0.257 e. The summed E-state index contributed by atoms with van der Waals surface area (Å²) in [5.74, 6) is -0.364. The van der Waals surface area contributed by atoms with Gasteiger partial charge in [-0.2, -0.15) is 0 Å². The zero-order chi connectivity index (χ0) is 13.3. The maximum absolute atomic E-state index is 12.3. The number of nitrogens with one attached hydrogen (secondary N) is 1. The van der Waals surface area contributed by atoms with E-state index in [4.69, 9.17) is 0 Å². The number of carbonyl (C=O) groups is 1. The molecule has 0 bridgehead atoms. The lowest BCUT2D eigenvalue weighted by Gasteiger charge is -2.26. The summed E-state index contributed by atoms with van der Waals surface area (Å²) in [7, 11) is 1.63. The molecule has 1 aliphatic heterocycles. The number of hydrogen-bond donors (Lipinski definition) is 3. The van der Waals surface area contributed by atoms with Gasteiger partial charge < -0.3 is 20.4 Å². The van der Waals surface area contributed by atoms with Crippen molar-refractivity contribution in [2.45, 2.75) is 12.1 Å². The van der Waals surface area contributed by atoms with Crippen molar-refractivity contribution in [1.82, 2.24) is 10.2 Å². The van der Waals surface area contributed by atoms with E-state index in [1.165, 1.54) is 11.0 Å². The van der Waals surface area contributed by atoms with Gasteiger partial charge in [0.25, 0.3) is 5.91 Å². The summed E-state index contributed by atoms with van der Waals surface area (Å²) in [5, 5.41) is 22.5. The standard InChI is InChI=1S/C12H15BrN2O3/c1-15(9-5-14-6-11(9)17)12(18)8-4-7(13)2-3-10(8)16/h2-4,9,11,14,16-17H,5-6H2,1H3/t9-,11-/m0/s1. The number of aromatic hydroxyl groups is 1. The molecular formula is C12H15BrN2O3. The molecule has 0 saturated carbocycles. The predicted molar refractivity (Wildman–Crippen MR) is 70.6 cm³/mol. The highest BCUT2D eigenvalue weighted by Crippen LogP contribution is 2.24. The Morgan fingerprint density at radius 1 is 1.50 bits per heavy atom. The third kappa shape index (κ3) is 2.50. The topological polar surface area (TPSA) is 72.8 Å². The largest absolute Gasteiger partial charge is 0.507 e. The SMILES string of the molecule is CN(C(=O)c1cc(Br)ccc1O)[C@H]1CNC[C@@H]1O. The second-order valence-corrected chi connectivity index (χ2v) is 5.29. The van der Waals surface area contributed by atoms with Crippen LogP contribution in [-0.4, -0.2) is 53.3 Å². The number of aliphatic hydroxyl groups excluding tert-OH is 1. The van der Waals surface area contributed by atoms with Gasteiger partial charge in [-0.3, -0.25) is 4.79 Å². The number of hydrogen-bond acceptors (Lipinski definition) is 4. The van der Waals surface area contributed by atoms with Crippen molar-refractivity contribution in [3.8, 4) is 5.75 Å². The van der Waals surface area contributed by atoms with Gasteiger partial charge in [-0.25, -0.2) is 0 Å². The molecule has 2 atom stereocenters. The Hall–Kier alpha value is -1.11. The van der Waals surface area contributed by atoms with Crippen LogP contribution in [0, 0.1) is 0 Å². The molecule has 0 aromatic heterocycles. The third-order valence-electron chi connectivity index (χ3n) is 3.16. The zero-order valence-corrected chi connectivity index (χ0v) is 11.5. The highest BCUT2D eigenvalue weighted by molar-refractivity contribution is 9.10. The molecule has 1 fully saturated rings. The van der Waals surface area contributed by atoms with Crippen LogP contribution in [0.3, 0.4) is 0 Å². The lowest BCUT2D eigenvalue weighted by Crippen LogP contribution is -2.44. The van der Waals surface area contributed by atoms with Crippen molar-refractivity contribution in [2.75, 3.05) is 20.1 Å². The van der Waals surface area contributed by atoms with Crippen molar-refractivity contribution in [3.63, 3.8) is 0 Å². The molecule has 1 aromatic rings. The molecule has 0 unspecified atom stereocenters. The molecule has 6 heteroatoms. The highest BCUT2D eigenvalue weighted by Gasteiger charge is 2.32. The molecule has 3 N–H and O–H groups in total. The number of nitrogens with zero attached hydrogens (tertiary/aromatic N) is 1. The van der Waals surface area contributed by atoms with Crippen LogP contribution in [0.4, 0.5) is 0 Å². The van der Waals surface area contributed by atoms with Gasteiger partial charge in [-0.1, -0.05) is 15.9 Å². The smallest absolute Gasteiger partial charge is 0.257 e. The van der Waals surface area contributed by atoms with E-state index < -0.39 is 6.10 Å². The van der Waals surface area contributed by atoms with Gasteiger partial charge in [-0.15, -0.1) is 0 Å². The minimum absolute atomic E-state index is 0.0597. The number of carbonyl (C=O) groups excluding carboxylic acids is 1. The van der Waals surface area contributed by atoms with Crippen LogP contribution in [0.1, 0.15) is 10.4 Å². The van der Waals surface area contributed by atoms with Crippen LogP contribution in [-0.2, 0) is 0 Å². The van der Waals surface area contributed by atoms with E-state index in [-0.39, 0.29) is 23.3 Å². The van der Waals surface area contributed by atoms with Crippen LogP contribution < -0.4 is 5.32 Å². The van der Waals surface area contributed by atoms with E-state index in [0.717, 1.165) is 4.47 Å². The fourth-order valence-electron chi connectivity index (χ4n) is 2.07. The Bertz CT molecular complexity index is 467. The van der Waals surface area contributed by atoms with Crippen LogP contribution in [0.5, 0.6) is 5.75 Å². The Morgan fingerprint density at radius 3 is 2.83 bits per heavy atom. The molecule has 5 nitrogen and oxygen atoms in total. The average Bonchev–Trinajstić information content (AvgIpc) is 2.77. The van der Waals surface area contributed by atoms with Gasteiger partial charge in [0, 0.05) is 24.6 Å². The van der Waals surface area contributed by atoms with Gasteiger partial charge >= 0.3 is 0 Å². The van der Waals surface area contributed by atoms with Crippen molar-refractivity contribution in [3.05, 3.63) is 28.2 Å². The molecular weight excluding hydrogens is 300 g/mol. The number of benzene rings is 1. The van der Waals surface area contributed by atoms with E-state index in [9.17, 15) is 15.0 Å². The number of amides is 1. The second-order valence-electron chi connectivity index (χ2n) is 4.37. The summed E-state index contributed by atoms with van der Waals surface area (Å²) in [5.41, 5.74) is 0.228. The Balaban J connectivity index is 2.22. The summed E-state index contributed by atoms with van der Waals surface area (Å²) in [6, 6.07) is 4.44. The fraction of sp³-hybridized carbons (Fsp3) is 0.417. The number of β-amino-alcohol motifs (C(OH)–C–C–N with tert-alkyl or cyclic N) is 1. The second kappa shape index (κ2) is 5.26. The molecule has 18 heavy (non-hydrogen) atoms. The number of aliphatic hydroxyl groups is 1. The first-order valence-corrected chi connectivity index (χ1v) is 6.44. The lowest BCUT2D eigenvalue weighted by atomic mass is 10.1. The van der Waals surface area contributed by atoms with Gasteiger partial charge in [-0.05, 0) is 18.2 Å². The summed E-state index contributed by atoms with van der Waals surface area (Å²) in [6.45, 7) is 1.03. The van der Waals surface area contributed by atoms with E-state index in [2.05, 4.69) is 21.2 Å². The molecule has 1 aliphatic rings. The minimum atomic E-state index is -0.576. The molecule has 1 aromatic carbocycles. The molecule has 0 spiro atoms. The molecule has 0 radical (unpaired) electrons. The summed E-state index contributed by atoms with van der Waals surface area (Å²) < 4.78 is 0.724. The van der Waals surface area contributed by atoms with Crippen LogP contribution in [0.2, 0.25) is 0 Å². The number of halogens is 1. The normalized spacial score (nSPS) is 23.1. The van der Waals surface area contributed by atoms with Crippen molar-refractivity contribution >= 4 is 21.8 Å². The number of rotatable bonds is 2. The van der Waals surface area contributed by atoms with E-state index >= 15 is 0 Å². The van der Waals surface area contributed by atoms with E-state index in [1.807, 2.05) is 0 Å². The quantitative estimate of drug-likeness (QED) is 0.746. The number of likely N-dealkylation sites (N-methyl/N-ethyl adjacent to an activating group) is 1. The lowest BCUT2D eigenvalue weighted by molar-refractivity contribution is 0.0578. The van der Waals surface area contributed by atoms with Gasteiger partial charge in [0.1, 0.15) is 5.75 Å². The third-order valence-corrected chi connectivity index (χ3v) is 3.65. The van der Waals surface area contributed by atoms with Crippen molar-refractivity contribution in [1.29, 1.82) is 0 Å². The van der Waals surface area contributed by atoms with Crippen LogP contribution >= 0.6 is 15.9 Å². The van der Waals surface area contributed by atoms with Gasteiger partial charge in [0.15, 0.2) is 0 Å². The van der Waals surface area contributed by atoms with E-state index in [0.29, 0.717) is 13.1 Å². The summed E-state index contributed by atoms with van der Waals surface area (Å²) >= 11 is 3.27. The number of phenols is 1. The number of phenolic OH excluding ortho intramolecular Hbond substituents is 1. The highest BCUT2D eigenvalue weighted by atomic mass is 79.9. The first kappa shape index (κ1) is 13.3. The molecule has 0 aliphatic carbocycles. The minimum Gasteiger partial charge on any atom is -0.507 e. The zero-order valence-electron chi connectivity index (χ0n) is 9.93. The molecule has 98 valence electrons. The Morgan fingerprint density at radius 2 is 2.22 bits per heavy atom. The van der Waals surface area contributed by atoms with Crippen LogP contribution in [0.25, 0.3) is 0 Å². The Kier molecular flexibility index (Phi) is 3.89. The first-order valence-electron chi connectivity index (χ1n) is 5.65. The maximum atomic E-state index is 12.3. The summed E-state index contributed by atoms with van der Waals surface area (Å²) in [4.78, 5) is 13.7. The molecule has 2 rings (SSSR count). The molecule has 1 saturated heterocycles. The van der Waals surface area contributed by atoms with Crippen LogP contribution in [0.15, 0.2) is 22.7 Å². The fourth-order valence-corrected chi connectivity index (χ4v) is 2.43. The molecule has 1 amide bonds. The summed E-state index contributed by atoms with van der Waals surface area (Å²) in [6.07, 6.45) is -0.576. The first-order chi connectivity index (χ1) is 8.50. The Labute approximate surface area is 114 Å². The van der Waals surface area contributed by atoms with Gasteiger partial charge in [0.05, 0.1) is 17.7 Å². The van der Waals surface area contributed by atoms with Crippen molar-refractivity contribution < 1.29 is 15.0 Å². The van der Waals surface area contributed by atoms with Gasteiger partial charge in [0.2, 0.25) is 0 Å². The predicted octanol–water partition coefficient (Wildman–Crippen LogP) is 0.559. The average molecular weight is 315 g/mol. The van der Waals surface area contributed by atoms with E-state index in [1.54, 1.807) is 19.2 Å². The monoisotopic (exact) mass is 314 g/mol. The molecule has 1 heterocycles. The van der Waals surface area contributed by atoms with Crippen molar-refractivity contribution in [2.24, 2.45) is 0 Å².